The minimum Gasteiger partial charge on any atom is -0.464 e. The Hall–Kier alpha value is -1.48. The number of hydrogen-bond acceptors (Lipinski definition) is 7. The molecule has 0 aliphatic carbocycles. The van der Waals surface area contributed by atoms with E-state index < -0.39 is 34.3 Å². The van der Waals surface area contributed by atoms with Crippen molar-refractivity contribution in [3.63, 3.8) is 0 Å². The highest BCUT2D eigenvalue weighted by Gasteiger charge is 2.36. The Morgan fingerprint density at radius 1 is 1.29 bits per heavy atom. The lowest BCUT2D eigenvalue weighted by Crippen LogP contribution is -2.50. The molecule has 1 aromatic rings. The van der Waals surface area contributed by atoms with E-state index >= 15 is 0 Å². The second-order valence-electron chi connectivity index (χ2n) is 5.59. The first-order valence-corrected chi connectivity index (χ1v) is 9.58. The summed E-state index contributed by atoms with van der Waals surface area (Å²) < 4.78 is 32.4. The van der Waals surface area contributed by atoms with Gasteiger partial charge in [0.25, 0.3) is 10.1 Å². The Kier molecular flexibility index (Phi) is 8.34. The number of unbranched alkanes of at least 4 members (excludes halogenated alkanes) is 1. The van der Waals surface area contributed by atoms with Crippen LogP contribution in [0.1, 0.15) is 25.3 Å². The van der Waals surface area contributed by atoms with Gasteiger partial charge in [-0.3, -0.25) is 4.18 Å². The van der Waals surface area contributed by atoms with Crippen molar-refractivity contribution in [1.82, 2.24) is 0 Å². The number of benzene rings is 1. The van der Waals surface area contributed by atoms with Gasteiger partial charge in [0.2, 0.25) is 6.10 Å². The molecule has 0 radical (unpaired) electrons. The lowest BCUT2D eigenvalue weighted by molar-refractivity contribution is -0.158. The molecule has 0 saturated carbocycles. The molecule has 3 N–H and O–H groups in total. The minimum absolute atomic E-state index is 0.125. The normalized spacial score (nSPS) is 15.5. The maximum Gasteiger partial charge on any atom is 0.339 e. The van der Waals surface area contributed by atoms with Crippen molar-refractivity contribution in [1.29, 1.82) is 0 Å². The molecule has 8 heteroatoms. The highest BCUT2D eigenvalue weighted by atomic mass is 32.2. The van der Waals surface area contributed by atoms with Gasteiger partial charge in [0.15, 0.2) is 0 Å². The fourth-order valence-corrected chi connectivity index (χ4v) is 2.62. The number of carbonyl (C=O) groups is 1. The Morgan fingerprint density at radius 3 is 2.46 bits per heavy atom. The summed E-state index contributed by atoms with van der Waals surface area (Å²) in [6.07, 6.45) is -0.711. The van der Waals surface area contributed by atoms with Gasteiger partial charge in [-0.05, 0) is 18.4 Å². The molecular weight excluding hydrogens is 334 g/mol. The van der Waals surface area contributed by atoms with Crippen LogP contribution in [0.4, 0.5) is 0 Å². The molecule has 1 unspecified atom stereocenters. The van der Waals surface area contributed by atoms with E-state index in [1.54, 1.807) is 0 Å². The van der Waals surface area contributed by atoms with E-state index in [9.17, 15) is 18.3 Å². The quantitative estimate of drug-likeness (QED) is 0.357. The number of ether oxygens (including phenoxy) is 1. The number of hydrogen-bond donors (Lipinski definition) is 2. The molecule has 7 nitrogen and oxygen atoms in total. The van der Waals surface area contributed by atoms with Gasteiger partial charge in [-0.25, -0.2) is 4.79 Å². The van der Waals surface area contributed by atoms with Crippen molar-refractivity contribution in [3.05, 3.63) is 35.9 Å². The van der Waals surface area contributed by atoms with Gasteiger partial charge in [-0.1, -0.05) is 43.7 Å². The number of esters is 1. The molecule has 0 aliphatic rings. The molecule has 24 heavy (non-hydrogen) atoms. The van der Waals surface area contributed by atoms with Gasteiger partial charge < -0.3 is 15.6 Å². The van der Waals surface area contributed by atoms with Gasteiger partial charge in [-0.15, -0.1) is 0 Å². The molecule has 1 aromatic carbocycles. The van der Waals surface area contributed by atoms with Crippen LogP contribution in [-0.4, -0.2) is 50.6 Å². The van der Waals surface area contributed by atoms with Gasteiger partial charge in [0.05, 0.1) is 12.9 Å². The predicted molar refractivity (Wildman–Crippen MR) is 89.7 cm³/mol. The molecule has 0 saturated heterocycles. The van der Waals surface area contributed by atoms with E-state index in [0.29, 0.717) is 6.42 Å². The molecular formula is C16H25NO6S. The summed E-state index contributed by atoms with van der Waals surface area (Å²) >= 11 is 0. The summed E-state index contributed by atoms with van der Waals surface area (Å²) in [7, 11) is -3.97. The third kappa shape index (κ3) is 7.39. The highest BCUT2D eigenvalue weighted by molar-refractivity contribution is 7.86. The largest absolute Gasteiger partial charge is 0.464 e. The van der Waals surface area contributed by atoms with E-state index in [4.69, 9.17) is 14.7 Å². The van der Waals surface area contributed by atoms with E-state index in [1.807, 2.05) is 37.3 Å². The van der Waals surface area contributed by atoms with Gasteiger partial charge in [0, 0.05) is 6.04 Å². The maximum absolute atomic E-state index is 12.1. The van der Waals surface area contributed by atoms with Crippen LogP contribution < -0.4 is 5.73 Å². The number of rotatable bonds is 10. The molecule has 0 bridgehead atoms. The first-order valence-electron chi connectivity index (χ1n) is 7.77. The standard InChI is InChI=1S/C16H25NO6S/c1-3-4-10-22-16(19)15(23-24(2,20)21)14(18)13(17)11-12-8-6-5-7-9-12/h5-9,13-15,18H,3-4,10-11,17H2,1-2H3/t13-,14+,15?/m0/s1. The molecule has 136 valence electrons. The van der Waals surface area contributed by atoms with Crippen molar-refractivity contribution >= 4 is 16.1 Å². The summed E-state index contributed by atoms with van der Waals surface area (Å²) in [5, 5.41) is 10.3. The number of nitrogens with two attached hydrogens (primary N) is 1. The molecule has 3 atom stereocenters. The summed E-state index contributed by atoms with van der Waals surface area (Å²) in [6.45, 7) is 2.04. The van der Waals surface area contributed by atoms with Crippen LogP contribution >= 0.6 is 0 Å². The van der Waals surface area contributed by atoms with E-state index in [-0.39, 0.29) is 13.0 Å². The molecule has 0 aromatic heterocycles. The number of aliphatic hydroxyl groups excluding tert-OH is 1. The van der Waals surface area contributed by atoms with Crippen LogP contribution in [-0.2, 0) is 30.3 Å². The third-order valence-corrected chi connectivity index (χ3v) is 3.87. The zero-order chi connectivity index (χ0) is 18.2. The topological polar surface area (TPSA) is 116 Å². The predicted octanol–water partition coefficient (Wildman–Crippen LogP) is 0.605. The first kappa shape index (κ1) is 20.6. The average Bonchev–Trinajstić information content (AvgIpc) is 2.52. The third-order valence-electron chi connectivity index (χ3n) is 3.32. The molecule has 1 rings (SSSR count). The van der Waals surface area contributed by atoms with E-state index in [2.05, 4.69) is 0 Å². The van der Waals surface area contributed by atoms with Crippen LogP contribution in [0.15, 0.2) is 30.3 Å². The molecule has 0 heterocycles. The van der Waals surface area contributed by atoms with Gasteiger partial charge >= 0.3 is 5.97 Å². The lowest BCUT2D eigenvalue weighted by atomic mass is 9.98. The minimum atomic E-state index is -3.97. The van der Waals surface area contributed by atoms with Crippen molar-refractivity contribution in [2.75, 3.05) is 12.9 Å². The van der Waals surface area contributed by atoms with E-state index in [0.717, 1.165) is 18.2 Å². The monoisotopic (exact) mass is 359 g/mol. The molecule has 0 amide bonds. The summed E-state index contributed by atoms with van der Waals surface area (Å²) in [4.78, 5) is 12.1. The second-order valence-corrected chi connectivity index (χ2v) is 7.19. The van der Waals surface area contributed by atoms with E-state index in [1.165, 1.54) is 0 Å². The second kappa shape index (κ2) is 9.73. The summed E-state index contributed by atoms with van der Waals surface area (Å²) in [6, 6.07) is 8.22. The first-order chi connectivity index (χ1) is 11.2. The number of aliphatic hydroxyl groups is 1. The maximum atomic E-state index is 12.1. The van der Waals surface area contributed by atoms with Crippen LogP contribution in [0, 0.1) is 0 Å². The SMILES string of the molecule is CCCCOC(=O)C(OS(C)(=O)=O)[C@H](O)[C@@H](N)Cc1ccccc1. The molecule has 0 spiro atoms. The van der Waals surface area contributed by atoms with Crippen LogP contribution in [0.3, 0.4) is 0 Å². The van der Waals surface area contributed by atoms with Crippen LogP contribution in [0.5, 0.6) is 0 Å². The van der Waals surface area contributed by atoms with Crippen LogP contribution in [0.2, 0.25) is 0 Å². The average molecular weight is 359 g/mol. The zero-order valence-electron chi connectivity index (χ0n) is 13.9. The fourth-order valence-electron chi connectivity index (χ4n) is 2.05. The Balaban J connectivity index is 2.81. The highest BCUT2D eigenvalue weighted by Crippen LogP contribution is 2.13. The van der Waals surface area contributed by atoms with Crippen molar-refractivity contribution in [2.24, 2.45) is 5.73 Å². The Bertz CT molecular complexity index is 604. The molecule has 0 aliphatic heterocycles. The van der Waals surface area contributed by atoms with Crippen molar-refractivity contribution in [3.8, 4) is 0 Å². The van der Waals surface area contributed by atoms with Crippen LogP contribution in [0.25, 0.3) is 0 Å². The summed E-state index contributed by atoms with van der Waals surface area (Å²) in [5.41, 5.74) is 6.78. The lowest BCUT2D eigenvalue weighted by Gasteiger charge is -2.25. The smallest absolute Gasteiger partial charge is 0.339 e. The zero-order valence-corrected chi connectivity index (χ0v) is 14.7. The summed E-state index contributed by atoms with van der Waals surface area (Å²) in [5.74, 6) is -0.940. The van der Waals surface area contributed by atoms with Gasteiger partial charge in [-0.2, -0.15) is 8.42 Å². The van der Waals surface area contributed by atoms with Gasteiger partial charge in [0.1, 0.15) is 6.10 Å². The Morgan fingerprint density at radius 2 is 1.92 bits per heavy atom. The van der Waals surface area contributed by atoms with Crippen molar-refractivity contribution in [2.45, 2.75) is 44.4 Å². The number of carbonyl (C=O) groups excluding carboxylic acids is 1. The molecule has 0 fully saturated rings. The van der Waals surface area contributed by atoms with Crippen molar-refractivity contribution < 1.29 is 27.2 Å². The Labute approximate surface area is 142 Å². The fraction of sp³-hybridized carbons (Fsp3) is 0.562.